The van der Waals surface area contributed by atoms with Crippen molar-refractivity contribution in [2.75, 3.05) is 4.72 Å². The lowest BCUT2D eigenvalue weighted by Gasteiger charge is -2.16. The van der Waals surface area contributed by atoms with Gasteiger partial charge in [-0.15, -0.1) is 0 Å². The van der Waals surface area contributed by atoms with E-state index in [-0.39, 0.29) is 22.7 Å². The molecule has 51 heavy (non-hydrogen) atoms. The fourth-order valence-electron chi connectivity index (χ4n) is 4.94. The first-order chi connectivity index (χ1) is 24.3. The number of pyridine rings is 3. The van der Waals surface area contributed by atoms with E-state index in [0.29, 0.717) is 23.2 Å². The molecule has 5 aromatic heterocycles. The molecule has 0 unspecified atom stereocenters. The summed E-state index contributed by atoms with van der Waals surface area (Å²) in [7, 11) is -3.06. The van der Waals surface area contributed by atoms with E-state index in [1.54, 1.807) is 18.2 Å². The Labute approximate surface area is 285 Å². The molecule has 0 fully saturated rings. The van der Waals surface area contributed by atoms with E-state index < -0.39 is 73.5 Å². The average molecular weight is 716 g/mol. The molecule has 0 saturated carbocycles. The zero-order chi connectivity index (χ0) is 36.4. The smallest absolute Gasteiger partial charge is 0.336 e. The van der Waals surface area contributed by atoms with Crippen LogP contribution in [0.5, 0.6) is 0 Å². The molecule has 6 rings (SSSR count). The van der Waals surface area contributed by atoms with Crippen LogP contribution < -0.4 is 21.3 Å². The van der Waals surface area contributed by atoms with Crippen molar-refractivity contribution in [2.24, 2.45) is 7.05 Å². The van der Waals surface area contributed by atoms with Crippen molar-refractivity contribution in [1.82, 2.24) is 39.4 Å². The number of aliphatic carboxylic acids is 1. The monoisotopic (exact) mass is 715 g/mol. The lowest BCUT2D eigenvalue weighted by Crippen LogP contribution is -2.42. The van der Waals surface area contributed by atoms with Crippen molar-refractivity contribution in [2.45, 2.75) is 17.5 Å². The van der Waals surface area contributed by atoms with Crippen LogP contribution >= 0.6 is 0 Å². The number of carbonyl (C=O) groups excluding carboxylic acids is 1. The van der Waals surface area contributed by atoms with Gasteiger partial charge in [-0.3, -0.25) is 23.9 Å². The molecular formula is C32H23F2N9O7S. The predicted molar refractivity (Wildman–Crippen MR) is 175 cm³/mol. The van der Waals surface area contributed by atoms with Crippen LogP contribution in [0.4, 0.5) is 14.5 Å². The van der Waals surface area contributed by atoms with Gasteiger partial charge in [0, 0.05) is 55.6 Å². The van der Waals surface area contributed by atoms with Crippen LogP contribution in [0.3, 0.4) is 0 Å². The molecule has 5 heterocycles. The van der Waals surface area contributed by atoms with Crippen molar-refractivity contribution in [3.05, 3.63) is 129 Å². The number of halogens is 2. The Morgan fingerprint density at radius 2 is 1.65 bits per heavy atom. The number of rotatable bonds is 10. The molecule has 0 bridgehead atoms. The number of carboxylic acid groups (broad SMARTS) is 1. The summed E-state index contributed by atoms with van der Waals surface area (Å²) in [5, 5.41) is 11.3. The van der Waals surface area contributed by atoms with E-state index in [9.17, 15) is 32.7 Å². The summed E-state index contributed by atoms with van der Waals surface area (Å²) in [6.07, 6.45) is 6.27. The second-order valence-corrected chi connectivity index (χ2v) is 12.4. The molecule has 1 atom stereocenters. The molecule has 6 aromatic rings. The molecule has 0 spiro atoms. The highest BCUT2D eigenvalue weighted by molar-refractivity contribution is 7.92. The van der Waals surface area contributed by atoms with Crippen molar-refractivity contribution in [1.29, 1.82) is 0 Å². The number of amides is 1. The minimum Gasteiger partial charge on any atom is -0.480 e. The average Bonchev–Trinajstić information content (AvgIpc) is 3.12. The Hall–Kier alpha value is -6.76. The first-order valence-corrected chi connectivity index (χ1v) is 16.1. The van der Waals surface area contributed by atoms with Gasteiger partial charge in [-0.05, 0) is 48.5 Å². The third-order valence-electron chi connectivity index (χ3n) is 7.50. The van der Waals surface area contributed by atoms with E-state index in [1.165, 1.54) is 54.6 Å². The number of sulfonamides is 1. The van der Waals surface area contributed by atoms with Gasteiger partial charge in [0.05, 0.1) is 28.7 Å². The molecule has 0 radical (unpaired) electrons. The fourth-order valence-corrected chi connectivity index (χ4v) is 5.93. The molecule has 19 heteroatoms. The summed E-state index contributed by atoms with van der Waals surface area (Å²) >= 11 is 0. The minimum atomic E-state index is -4.52. The van der Waals surface area contributed by atoms with Crippen molar-refractivity contribution in [3.8, 4) is 17.1 Å². The number of aromatic nitrogens is 7. The Morgan fingerprint density at radius 1 is 0.902 bits per heavy atom. The number of benzene rings is 1. The topological polar surface area (TPSA) is 221 Å². The van der Waals surface area contributed by atoms with E-state index in [2.05, 4.69) is 30.2 Å². The van der Waals surface area contributed by atoms with E-state index in [0.717, 1.165) is 16.8 Å². The number of fused-ring (bicyclic) bond motifs is 1. The van der Waals surface area contributed by atoms with Crippen molar-refractivity contribution >= 4 is 38.6 Å². The second kappa shape index (κ2) is 13.6. The summed E-state index contributed by atoms with van der Waals surface area (Å²) in [6, 6.07) is 9.04. The second-order valence-electron chi connectivity index (χ2n) is 10.8. The SMILES string of the molecule is Cn1c(=O)n(-c2ccc(C[C@H](NC(=O)c3cc(F)c(NS(=O)(=O)c4ccc(-c5ncccn5)cn4)cc3F)C(=O)O)nc2)c(=O)c2ncccc21. The molecular weight excluding hydrogens is 692 g/mol. The largest absolute Gasteiger partial charge is 0.480 e. The number of hydrogen-bond acceptors (Lipinski definition) is 11. The summed E-state index contributed by atoms with van der Waals surface area (Å²) < 4.78 is 59.7. The van der Waals surface area contributed by atoms with Gasteiger partial charge in [0.25, 0.3) is 21.5 Å². The number of carboxylic acids is 1. The highest BCUT2D eigenvalue weighted by atomic mass is 32.2. The van der Waals surface area contributed by atoms with Crippen LogP contribution in [0.25, 0.3) is 28.1 Å². The molecule has 0 aliphatic carbocycles. The van der Waals surface area contributed by atoms with Gasteiger partial charge in [-0.25, -0.2) is 42.9 Å². The fraction of sp³-hybridized carbons (Fsp3) is 0.0938. The van der Waals surface area contributed by atoms with Crippen LogP contribution in [0, 0.1) is 11.6 Å². The van der Waals surface area contributed by atoms with Crippen molar-refractivity contribution < 1.29 is 31.9 Å². The predicted octanol–water partition coefficient (Wildman–Crippen LogP) is 1.84. The van der Waals surface area contributed by atoms with Gasteiger partial charge in [0.1, 0.15) is 17.7 Å². The van der Waals surface area contributed by atoms with Crippen LogP contribution in [0.1, 0.15) is 16.1 Å². The van der Waals surface area contributed by atoms with Crippen molar-refractivity contribution in [3.63, 3.8) is 0 Å². The van der Waals surface area contributed by atoms with Crippen LogP contribution in [0.15, 0.2) is 100 Å². The van der Waals surface area contributed by atoms with Crippen LogP contribution in [-0.4, -0.2) is 65.5 Å². The number of aryl methyl sites for hydroxylation is 1. The van der Waals surface area contributed by atoms with Gasteiger partial charge in [0.15, 0.2) is 16.4 Å². The summed E-state index contributed by atoms with van der Waals surface area (Å²) in [6.45, 7) is 0. The lowest BCUT2D eigenvalue weighted by molar-refractivity contribution is -0.139. The molecule has 0 saturated heterocycles. The molecule has 0 aliphatic rings. The molecule has 16 nitrogen and oxygen atoms in total. The van der Waals surface area contributed by atoms with Crippen LogP contribution in [-0.2, 0) is 28.3 Å². The maximum Gasteiger partial charge on any atom is 0.336 e. The third-order valence-corrected chi connectivity index (χ3v) is 8.78. The van der Waals surface area contributed by atoms with E-state index in [1.807, 2.05) is 4.72 Å². The van der Waals surface area contributed by atoms with Gasteiger partial charge in [-0.2, -0.15) is 8.42 Å². The molecule has 0 aliphatic heterocycles. The number of carbonyl (C=O) groups is 2. The first-order valence-electron chi connectivity index (χ1n) is 14.6. The third kappa shape index (κ3) is 6.90. The normalized spacial score (nSPS) is 12.0. The number of nitrogens with zero attached hydrogens (tertiary/aromatic N) is 7. The number of anilines is 1. The quantitative estimate of drug-likeness (QED) is 0.185. The Balaban J connectivity index is 1.17. The maximum atomic E-state index is 15.1. The zero-order valence-corrected chi connectivity index (χ0v) is 26.9. The molecule has 258 valence electrons. The summed E-state index contributed by atoms with van der Waals surface area (Å²) in [5.74, 6) is -5.27. The van der Waals surface area contributed by atoms with E-state index >= 15 is 8.78 Å². The standard InChI is InChI=1S/C32H23F2N9O7S/c1-42-25-4-2-9-35-27(25)30(45)43(32(42)48)19-7-6-18(38-16-19)12-24(31(46)47)40-29(44)20-13-22(34)23(14-21(20)33)41-51(49,50)26-8-5-17(15-39-26)28-36-10-3-11-37-28/h2-11,13-16,24,41H,12H2,1H3,(H,40,44)(H,46,47)/t24-/m0/s1. The highest BCUT2D eigenvalue weighted by Crippen LogP contribution is 2.23. The number of nitrogens with one attached hydrogen (secondary N) is 2. The van der Waals surface area contributed by atoms with Crippen LogP contribution in [0.2, 0.25) is 0 Å². The summed E-state index contributed by atoms with van der Waals surface area (Å²) in [5.41, 5.74) is -2.20. The Bertz CT molecular complexity index is 2550. The zero-order valence-electron chi connectivity index (χ0n) is 26.1. The van der Waals surface area contributed by atoms with Gasteiger partial charge in [0.2, 0.25) is 0 Å². The van der Waals surface area contributed by atoms with E-state index in [4.69, 9.17) is 0 Å². The first kappa shape index (κ1) is 34.1. The summed E-state index contributed by atoms with van der Waals surface area (Å²) in [4.78, 5) is 70.9. The highest BCUT2D eigenvalue weighted by Gasteiger charge is 2.26. The van der Waals surface area contributed by atoms with Gasteiger partial charge >= 0.3 is 11.7 Å². The molecule has 3 N–H and O–H groups in total. The van der Waals surface area contributed by atoms with Gasteiger partial charge < -0.3 is 10.4 Å². The molecule has 1 amide bonds. The number of hydrogen-bond donors (Lipinski definition) is 3. The molecule has 1 aromatic carbocycles. The lowest BCUT2D eigenvalue weighted by atomic mass is 10.1. The Kier molecular flexibility index (Phi) is 9.12. The van der Waals surface area contributed by atoms with Gasteiger partial charge in [-0.1, -0.05) is 0 Å². The minimum absolute atomic E-state index is 0.0354. The maximum absolute atomic E-state index is 15.1. The Morgan fingerprint density at radius 3 is 2.31 bits per heavy atom.